The minimum Gasteiger partial charge on any atom is -0.352 e. The summed E-state index contributed by atoms with van der Waals surface area (Å²) in [6.45, 7) is 3.69. The Balaban J connectivity index is 1.92. The molecule has 1 N–H and O–H groups in total. The van der Waals surface area contributed by atoms with Crippen molar-refractivity contribution in [3.63, 3.8) is 0 Å². The zero-order valence-corrected chi connectivity index (χ0v) is 26.5. The third-order valence-corrected chi connectivity index (χ3v) is 8.89. The molecule has 0 aliphatic heterocycles. The molecule has 0 aliphatic carbocycles. The zero-order valence-electron chi connectivity index (χ0n) is 24.2. The molecular formula is C31H35Cl2F2N3O4S. The van der Waals surface area contributed by atoms with Crippen LogP contribution in [0.5, 0.6) is 0 Å². The van der Waals surface area contributed by atoms with Crippen LogP contribution in [0.3, 0.4) is 0 Å². The van der Waals surface area contributed by atoms with Gasteiger partial charge in [-0.05, 0) is 55.2 Å². The van der Waals surface area contributed by atoms with Crippen LogP contribution in [0.1, 0.15) is 44.2 Å². The number of carbonyl (C=O) groups is 2. The van der Waals surface area contributed by atoms with E-state index in [1.54, 1.807) is 18.2 Å². The second-order valence-electron chi connectivity index (χ2n) is 10.3. The van der Waals surface area contributed by atoms with Gasteiger partial charge in [-0.25, -0.2) is 17.2 Å². The molecule has 3 aromatic carbocycles. The molecule has 12 heteroatoms. The number of hydrogen-bond acceptors (Lipinski definition) is 4. The molecule has 3 rings (SSSR count). The van der Waals surface area contributed by atoms with E-state index < -0.39 is 33.6 Å². The van der Waals surface area contributed by atoms with Crippen LogP contribution in [0.2, 0.25) is 10.0 Å². The van der Waals surface area contributed by atoms with E-state index in [0.717, 1.165) is 34.3 Å². The van der Waals surface area contributed by atoms with Crippen molar-refractivity contribution in [2.45, 2.75) is 58.2 Å². The van der Waals surface area contributed by atoms with Gasteiger partial charge in [-0.3, -0.25) is 13.9 Å². The fourth-order valence-electron chi connectivity index (χ4n) is 4.47. The Bertz CT molecular complexity index is 1530. The third kappa shape index (κ3) is 9.91. The predicted octanol–water partition coefficient (Wildman–Crippen LogP) is 6.37. The number of halogens is 4. The highest BCUT2D eigenvalue weighted by Crippen LogP contribution is 2.25. The number of benzene rings is 3. The van der Waals surface area contributed by atoms with Gasteiger partial charge in [-0.15, -0.1) is 0 Å². The first-order valence-corrected chi connectivity index (χ1v) is 16.4. The number of carbonyl (C=O) groups excluding carboxylic acids is 2. The van der Waals surface area contributed by atoms with E-state index in [0.29, 0.717) is 22.0 Å². The fourth-order valence-corrected chi connectivity index (χ4v) is 5.75. The number of anilines is 1. The Morgan fingerprint density at radius 1 is 0.930 bits per heavy atom. The van der Waals surface area contributed by atoms with Gasteiger partial charge in [0.2, 0.25) is 21.8 Å². The van der Waals surface area contributed by atoms with Crippen LogP contribution < -0.4 is 9.62 Å². The Labute approximate surface area is 261 Å². The number of rotatable bonds is 14. The van der Waals surface area contributed by atoms with E-state index in [9.17, 15) is 26.8 Å². The van der Waals surface area contributed by atoms with Gasteiger partial charge in [-0.2, -0.15) is 0 Å². The summed E-state index contributed by atoms with van der Waals surface area (Å²) in [7, 11) is -3.88. The maximum atomic E-state index is 13.9. The first kappa shape index (κ1) is 34.3. The molecule has 0 radical (unpaired) electrons. The molecule has 0 aliphatic rings. The quantitative estimate of drug-likeness (QED) is 0.219. The standard InChI is InChI=1S/C31H35Cl2F2N3O4S/c1-4-21(2)36-31(40)29(18-22-9-6-5-7-10-22)37(20-23-12-14-25(32)26(33)17-23)30(39)11-8-16-38(43(3,41)42)24-13-15-27(34)28(35)19-24/h5-7,9-10,12-15,17,19,21,29H,4,8,11,16,18,20H2,1-3H3,(H,36,40)/t21-,29+/m1/s1. The van der Waals surface area contributed by atoms with E-state index in [4.69, 9.17) is 23.2 Å². The molecule has 0 unspecified atom stereocenters. The normalized spacial score (nSPS) is 12.8. The smallest absolute Gasteiger partial charge is 0.243 e. The lowest BCUT2D eigenvalue weighted by atomic mass is 10.0. The predicted molar refractivity (Wildman–Crippen MR) is 167 cm³/mol. The van der Waals surface area contributed by atoms with E-state index in [2.05, 4.69) is 5.32 Å². The minimum absolute atomic E-state index is 0.0418. The summed E-state index contributed by atoms with van der Waals surface area (Å²) in [5.41, 5.74) is 1.44. The van der Waals surface area contributed by atoms with Crippen molar-refractivity contribution in [3.8, 4) is 0 Å². The van der Waals surface area contributed by atoms with Crippen molar-refractivity contribution in [1.82, 2.24) is 10.2 Å². The van der Waals surface area contributed by atoms with Crippen molar-refractivity contribution < 1.29 is 26.8 Å². The van der Waals surface area contributed by atoms with Crippen LogP contribution in [0.4, 0.5) is 14.5 Å². The molecule has 2 amide bonds. The average molecular weight is 655 g/mol. The summed E-state index contributed by atoms with van der Waals surface area (Å²) in [6, 6.07) is 16.0. The average Bonchev–Trinajstić information content (AvgIpc) is 2.96. The van der Waals surface area contributed by atoms with E-state index in [1.807, 2.05) is 44.2 Å². The van der Waals surface area contributed by atoms with Gasteiger partial charge in [0.25, 0.3) is 0 Å². The van der Waals surface area contributed by atoms with Gasteiger partial charge in [0, 0.05) is 38.0 Å². The molecule has 0 spiro atoms. The number of hydrogen-bond donors (Lipinski definition) is 1. The number of sulfonamides is 1. The monoisotopic (exact) mass is 653 g/mol. The molecule has 0 bridgehead atoms. The van der Waals surface area contributed by atoms with Gasteiger partial charge >= 0.3 is 0 Å². The Hall–Kier alpha value is -3.21. The van der Waals surface area contributed by atoms with Crippen LogP contribution >= 0.6 is 23.2 Å². The SMILES string of the molecule is CC[C@@H](C)NC(=O)[C@H](Cc1ccccc1)N(Cc1ccc(Cl)c(Cl)c1)C(=O)CCCN(c1ccc(F)c(F)c1)S(C)(=O)=O. The summed E-state index contributed by atoms with van der Waals surface area (Å²) in [5, 5.41) is 3.62. The molecule has 0 saturated carbocycles. The first-order valence-electron chi connectivity index (χ1n) is 13.8. The van der Waals surface area contributed by atoms with Gasteiger partial charge in [0.1, 0.15) is 6.04 Å². The second kappa shape index (κ2) is 15.5. The highest BCUT2D eigenvalue weighted by atomic mass is 35.5. The summed E-state index contributed by atoms with van der Waals surface area (Å²) in [5.74, 6) is -3.02. The van der Waals surface area contributed by atoms with Crippen LogP contribution in [0, 0.1) is 11.6 Å². The van der Waals surface area contributed by atoms with E-state index >= 15 is 0 Å². The molecule has 3 aromatic rings. The Morgan fingerprint density at radius 3 is 2.23 bits per heavy atom. The lowest BCUT2D eigenvalue weighted by molar-refractivity contribution is -0.141. The first-order chi connectivity index (χ1) is 20.3. The third-order valence-electron chi connectivity index (χ3n) is 6.95. The van der Waals surface area contributed by atoms with Crippen molar-refractivity contribution in [3.05, 3.63) is 99.5 Å². The van der Waals surface area contributed by atoms with Gasteiger partial charge in [-0.1, -0.05) is 66.5 Å². The summed E-state index contributed by atoms with van der Waals surface area (Å²) < 4.78 is 53.3. The largest absolute Gasteiger partial charge is 0.352 e. The molecule has 0 saturated heterocycles. The second-order valence-corrected chi connectivity index (χ2v) is 13.1. The van der Waals surface area contributed by atoms with Gasteiger partial charge in [0.15, 0.2) is 11.6 Å². The topological polar surface area (TPSA) is 86.8 Å². The Kier molecular flexibility index (Phi) is 12.4. The Morgan fingerprint density at radius 2 is 1.63 bits per heavy atom. The van der Waals surface area contributed by atoms with Crippen molar-refractivity contribution >= 4 is 50.7 Å². The molecule has 0 aromatic heterocycles. The number of nitrogens with zero attached hydrogens (tertiary/aromatic N) is 2. The number of nitrogens with one attached hydrogen (secondary N) is 1. The highest BCUT2D eigenvalue weighted by molar-refractivity contribution is 7.92. The van der Waals surface area contributed by atoms with Crippen molar-refractivity contribution in [1.29, 1.82) is 0 Å². The van der Waals surface area contributed by atoms with E-state index in [1.165, 1.54) is 4.90 Å². The summed E-state index contributed by atoms with van der Waals surface area (Å²) in [6.07, 6.45) is 1.80. The molecule has 232 valence electrons. The summed E-state index contributed by atoms with van der Waals surface area (Å²) in [4.78, 5) is 29.0. The van der Waals surface area contributed by atoms with Crippen LogP contribution in [0.15, 0.2) is 66.7 Å². The fraction of sp³-hybridized carbons (Fsp3) is 0.355. The lowest BCUT2D eigenvalue weighted by Gasteiger charge is -2.33. The van der Waals surface area contributed by atoms with Crippen LogP contribution in [-0.4, -0.2) is 50.0 Å². The van der Waals surface area contributed by atoms with E-state index in [-0.39, 0.29) is 50.0 Å². The summed E-state index contributed by atoms with van der Waals surface area (Å²) >= 11 is 12.4. The maximum Gasteiger partial charge on any atom is 0.243 e. The van der Waals surface area contributed by atoms with Crippen molar-refractivity contribution in [2.24, 2.45) is 0 Å². The molecule has 7 nitrogen and oxygen atoms in total. The molecule has 2 atom stereocenters. The zero-order chi connectivity index (χ0) is 31.7. The molecule has 43 heavy (non-hydrogen) atoms. The highest BCUT2D eigenvalue weighted by Gasteiger charge is 2.31. The minimum atomic E-state index is -3.88. The maximum absolute atomic E-state index is 13.9. The van der Waals surface area contributed by atoms with Crippen LogP contribution in [0.25, 0.3) is 0 Å². The molecule has 0 fully saturated rings. The lowest BCUT2D eigenvalue weighted by Crippen LogP contribution is -2.52. The van der Waals surface area contributed by atoms with Gasteiger partial charge < -0.3 is 10.2 Å². The molecule has 0 heterocycles. The van der Waals surface area contributed by atoms with Crippen molar-refractivity contribution in [2.75, 3.05) is 17.1 Å². The number of amides is 2. The van der Waals surface area contributed by atoms with Crippen LogP contribution in [-0.2, 0) is 32.6 Å². The van der Waals surface area contributed by atoms with Gasteiger partial charge in [0.05, 0.1) is 22.0 Å². The molecular weight excluding hydrogens is 619 g/mol.